The number of likely N-dealkylation sites (tertiary alicyclic amines) is 1. The molecule has 2 fully saturated rings. The van der Waals surface area contributed by atoms with Gasteiger partial charge in [0.15, 0.2) is 0 Å². The van der Waals surface area contributed by atoms with Gasteiger partial charge in [-0.2, -0.15) is 0 Å². The number of piperidine rings is 1. The summed E-state index contributed by atoms with van der Waals surface area (Å²) >= 11 is 0. The van der Waals surface area contributed by atoms with Gasteiger partial charge in [-0.15, -0.1) is 0 Å². The quantitative estimate of drug-likeness (QED) is 0.272. The molecule has 3 aromatic rings. The van der Waals surface area contributed by atoms with Crippen molar-refractivity contribution in [1.82, 2.24) is 25.0 Å². The number of nitrogens with zero attached hydrogens (tertiary/aromatic N) is 4. The Morgan fingerprint density at radius 2 is 1.71 bits per heavy atom. The van der Waals surface area contributed by atoms with Gasteiger partial charge in [-0.3, -0.25) is 4.90 Å². The third kappa shape index (κ3) is 7.16. The molecule has 0 aliphatic carbocycles. The molecule has 1 aromatic heterocycles. The fraction of sp³-hybridized carbons (Fsp3) is 0.553. The number of hydrogen-bond acceptors (Lipinski definition) is 6. The maximum atomic E-state index is 13.0. The minimum absolute atomic E-state index is 0.00518. The van der Waals surface area contributed by atoms with E-state index in [2.05, 4.69) is 63.4 Å². The van der Waals surface area contributed by atoms with E-state index in [9.17, 15) is 13.2 Å². The number of rotatable bonds is 12. The molecule has 2 saturated heterocycles. The fourth-order valence-electron chi connectivity index (χ4n) is 8.65. The molecule has 10 heteroatoms. The maximum absolute atomic E-state index is 13.0. The molecule has 2 N–H and O–H groups in total. The average molecular weight is 675 g/mol. The van der Waals surface area contributed by atoms with Crippen LogP contribution >= 0.6 is 0 Å². The lowest BCUT2D eigenvalue weighted by atomic mass is 9.60. The van der Waals surface area contributed by atoms with Crippen molar-refractivity contribution in [3.63, 3.8) is 0 Å². The number of fused-ring (bicyclic) bond motifs is 1. The Morgan fingerprint density at radius 1 is 0.979 bits per heavy atom. The Hall–Kier alpha value is -3.34. The fourth-order valence-corrected chi connectivity index (χ4v) is 9.96. The molecule has 2 atom stereocenters. The van der Waals surface area contributed by atoms with E-state index < -0.39 is 9.84 Å². The van der Waals surface area contributed by atoms with Crippen molar-refractivity contribution < 1.29 is 13.2 Å². The van der Waals surface area contributed by atoms with Crippen LogP contribution in [0.4, 0.5) is 10.5 Å². The molecule has 6 rings (SSSR count). The van der Waals surface area contributed by atoms with Crippen LogP contribution < -0.4 is 15.5 Å². The van der Waals surface area contributed by atoms with Crippen LogP contribution in [-0.4, -0.2) is 87.7 Å². The summed E-state index contributed by atoms with van der Waals surface area (Å²) < 4.78 is 27.8. The van der Waals surface area contributed by atoms with Crippen LogP contribution in [0.1, 0.15) is 57.1 Å². The highest BCUT2D eigenvalue weighted by Crippen LogP contribution is 2.47. The monoisotopic (exact) mass is 674 g/mol. The number of likely N-dealkylation sites (N-methyl/N-ethyl adjacent to an activating group) is 1. The zero-order chi connectivity index (χ0) is 33.9. The van der Waals surface area contributed by atoms with Crippen LogP contribution in [0.25, 0.3) is 0 Å². The van der Waals surface area contributed by atoms with Gasteiger partial charge in [0.25, 0.3) is 0 Å². The summed E-state index contributed by atoms with van der Waals surface area (Å²) in [7, 11) is 0.0277. The number of hydrogen-bond donors (Lipinski definition) is 2. The molecule has 3 aliphatic rings. The van der Waals surface area contributed by atoms with Gasteiger partial charge in [0.2, 0.25) is 9.84 Å². The summed E-state index contributed by atoms with van der Waals surface area (Å²) in [4.78, 5) is 20.8. The van der Waals surface area contributed by atoms with Gasteiger partial charge in [0, 0.05) is 82.3 Å². The van der Waals surface area contributed by atoms with E-state index in [1.54, 1.807) is 42.2 Å². The van der Waals surface area contributed by atoms with Gasteiger partial charge in [0.05, 0.1) is 9.79 Å². The topological polar surface area (TPSA) is 89.9 Å². The van der Waals surface area contributed by atoms with Gasteiger partial charge < -0.3 is 25.0 Å². The number of benzene rings is 2. The lowest BCUT2D eigenvalue weighted by Crippen LogP contribution is -2.57. The summed E-state index contributed by atoms with van der Waals surface area (Å²) in [6.07, 6.45) is 8.72. The summed E-state index contributed by atoms with van der Waals surface area (Å²) in [6.45, 7) is 12.9. The van der Waals surface area contributed by atoms with Crippen molar-refractivity contribution in [1.29, 1.82) is 0 Å². The zero-order valence-corrected chi connectivity index (χ0v) is 30.0. The highest BCUT2D eigenvalue weighted by atomic mass is 32.2. The minimum atomic E-state index is -3.50. The van der Waals surface area contributed by atoms with E-state index in [4.69, 9.17) is 0 Å². The Bertz CT molecular complexity index is 1640. The van der Waals surface area contributed by atoms with Gasteiger partial charge in [-0.25, -0.2) is 13.2 Å². The summed E-state index contributed by atoms with van der Waals surface area (Å²) in [6, 6.07) is 18.2. The van der Waals surface area contributed by atoms with Crippen molar-refractivity contribution in [2.24, 2.45) is 18.9 Å². The minimum Gasteiger partial charge on any atom is -0.371 e. The Labute approximate surface area is 287 Å². The van der Waals surface area contributed by atoms with E-state index in [1.807, 2.05) is 19.2 Å². The van der Waals surface area contributed by atoms with Crippen LogP contribution in [0.15, 0.2) is 76.8 Å². The first-order chi connectivity index (χ1) is 23.1. The smallest absolute Gasteiger partial charge is 0.314 e. The Morgan fingerprint density at radius 3 is 2.35 bits per heavy atom. The van der Waals surface area contributed by atoms with Crippen LogP contribution in [-0.2, 0) is 28.8 Å². The van der Waals surface area contributed by atoms with Gasteiger partial charge in [-0.05, 0) is 92.7 Å². The third-order valence-corrected chi connectivity index (χ3v) is 12.9. The van der Waals surface area contributed by atoms with E-state index in [-0.39, 0.29) is 17.5 Å². The molecule has 0 bridgehead atoms. The zero-order valence-electron chi connectivity index (χ0n) is 29.2. The molecule has 3 aliphatic heterocycles. The number of aromatic nitrogens is 1. The maximum Gasteiger partial charge on any atom is 0.314 e. The number of aryl methyl sites for hydroxylation is 1. The first kappa shape index (κ1) is 34.5. The molecular weight excluding hydrogens is 621 g/mol. The largest absolute Gasteiger partial charge is 0.371 e. The van der Waals surface area contributed by atoms with Gasteiger partial charge in [0.1, 0.15) is 0 Å². The van der Waals surface area contributed by atoms with Gasteiger partial charge in [-0.1, -0.05) is 44.5 Å². The lowest BCUT2D eigenvalue weighted by molar-refractivity contribution is 0.0592. The van der Waals surface area contributed by atoms with Crippen molar-refractivity contribution in [3.05, 3.63) is 78.1 Å². The highest BCUT2D eigenvalue weighted by Gasteiger charge is 2.47. The summed E-state index contributed by atoms with van der Waals surface area (Å²) in [5, 5.41) is 6.10. The van der Waals surface area contributed by atoms with Crippen LogP contribution in [0.5, 0.6) is 0 Å². The molecule has 2 amide bonds. The molecule has 0 radical (unpaired) electrons. The number of nitrogens with one attached hydrogen (secondary N) is 2. The number of amides is 2. The number of anilines is 1. The second kappa shape index (κ2) is 14.6. The molecule has 0 saturated carbocycles. The number of urea groups is 1. The average Bonchev–Trinajstić information content (AvgIpc) is 3.53. The molecule has 48 heavy (non-hydrogen) atoms. The molecule has 1 unspecified atom stereocenters. The van der Waals surface area contributed by atoms with E-state index >= 15 is 0 Å². The number of sulfone groups is 1. The summed E-state index contributed by atoms with van der Waals surface area (Å²) in [5.74, 6) is 1.17. The van der Waals surface area contributed by atoms with Crippen molar-refractivity contribution in [3.8, 4) is 0 Å². The molecule has 9 nitrogen and oxygen atoms in total. The summed E-state index contributed by atoms with van der Waals surface area (Å²) in [5.41, 5.74) is 4.04. The molecule has 260 valence electrons. The Balaban J connectivity index is 1.09. The highest BCUT2D eigenvalue weighted by molar-refractivity contribution is 7.91. The van der Waals surface area contributed by atoms with Crippen LogP contribution in [0, 0.1) is 11.8 Å². The standard InChI is InChI=1S/C38H54N6O3S/c1-5-9-32(40-37(45)39-3)22-38(28-42(6-2)26-30-10-7-8-11-36(30)38)31-16-20-43(21-17-31)23-29-24-44(25-29)33-12-14-34(15-13-33)48(46,47)35-18-19-41(4)27-35/h7-8,10-15,18-19,27,29,31-32H,5-6,9,16-17,20-26,28H2,1-4H3,(H2,39,40,45)/t32-,38?/m0/s1. The molecule has 4 heterocycles. The predicted molar refractivity (Wildman–Crippen MR) is 192 cm³/mol. The van der Waals surface area contributed by atoms with E-state index in [0.717, 1.165) is 77.3 Å². The van der Waals surface area contributed by atoms with Gasteiger partial charge >= 0.3 is 6.03 Å². The normalized spacial score (nSPS) is 21.8. The van der Waals surface area contributed by atoms with Crippen LogP contribution in [0.3, 0.4) is 0 Å². The third-order valence-electron chi connectivity index (χ3n) is 11.2. The van der Waals surface area contributed by atoms with Crippen molar-refractivity contribution in [2.45, 2.75) is 73.7 Å². The molecule has 0 spiro atoms. The van der Waals surface area contributed by atoms with Crippen molar-refractivity contribution >= 4 is 21.6 Å². The molecular formula is C38H54N6O3S. The SMILES string of the molecule is CCC[C@@H](CC1(C2CCN(CC3CN(c4ccc(S(=O)(=O)c5ccn(C)c5)cc4)C3)CC2)CN(CC)Cc2ccccc21)NC(=O)NC. The first-order valence-electron chi connectivity index (χ1n) is 17.9. The second-order valence-electron chi connectivity index (χ2n) is 14.4. The van der Waals surface area contributed by atoms with E-state index in [1.165, 1.54) is 24.0 Å². The van der Waals surface area contributed by atoms with Crippen molar-refractivity contribution in [2.75, 3.05) is 57.8 Å². The lowest BCUT2D eigenvalue weighted by Gasteiger charge is -2.52. The van der Waals surface area contributed by atoms with E-state index in [0.29, 0.717) is 21.6 Å². The number of carbonyl (C=O) groups is 1. The number of carbonyl (C=O) groups excluding carboxylic acids is 1. The molecule has 2 aromatic carbocycles. The Kier molecular flexibility index (Phi) is 10.5. The predicted octanol–water partition coefficient (Wildman–Crippen LogP) is 5.27. The van der Waals surface area contributed by atoms with Crippen LogP contribution in [0.2, 0.25) is 0 Å². The second-order valence-corrected chi connectivity index (χ2v) is 16.3. The first-order valence-corrected chi connectivity index (χ1v) is 19.4.